The summed E-state index contributed by atoms with van der Waals surface area (Å²) < 4.78 is 37.5. The molecule has 13 heteroatoms. The van der Waals surface area contributed by atoms with E-state index in [2.05, 4.69) is 15.2 Å². The molecular weight excluding hydrogens is 489 g/mol. The molecule has 1 aromatic carbocycles. The molecule has 0 saturated carbocycles. The molecule has 4 heterocycles. The number of hydrogen-bond acceptors (Lipinski definition) is 5. The number of benzene rings is 1. The van der Waals surface area contributed by atoms with Crippen molar-refractivity contribution >= 4 is 46.0 Å². The lowest BCUT2D eigenvalue weighted by atomic mass is 9.81. The summed E-state index contributed by atoms with van der Waals surface area (Å²) in [5.74, 6) is -1.83. The van der Waals surface area contributed by atoms with Crippen molar-refractivity contribution in [3.63, 3.8) is 0 Å². The zero-order valence-corrected chi connectivity index (χ0v) is 18.8. The summed E-state index contributed by atoms with van der Waals surface area (Å²) in [6.45, 7) is -1.88. The van der Waals surface area contributed by atoms with Crippen LogP contribution in [0.15, 0.2) is 36.5 Å². The second kappa shape index (κ2) is 8.22. The first kappa shape index (κ1) is 23.1. The number of rotatable bonds is 4. The molecule has 5 rings (SSSR count). The lowest BCUT2D eigenvalue weighted by molar-refractivity contribution is -0.138. The first-order valence-corrected chi connectivity index (χ1v) is 11.0. The Bertz CT molecular complexity index is 1360. The van der Waals surface area contributed by atoms with Crippen LogP contribution in [0.25, 0.3) is 11.0 Å². The highest BCUT2D eigenvalue weighted by atomic mass is 35.5. The van der Waals surface area contributed by atoms with Crippen molar-refractivity contribution in [3.05, 3.63) is 52.8 Å². The van der Waals surface area contributed by atoms with Crippen molar-refractivity contribution in [2.24, 2.45) is 0 Å². The van der Waals surface area contributed by atoms with Gasteiger partial charge in [-0.3, -0.25) is 19.5 Å². The van der Waals surface area contributed by atoms with Gasteiger partial charge >= 0.3 is 6.18 Å². The Kier molecular flexibility index (Phi) is 5.42. The topological polar surface area (TPSA) is 111 Å². The van der Waals surface area contributed by atoms with E-state index in [1.807, 2.05) is 0 Å². The molecule has 1 saturated heterocycles. The maximum atomic E-state index is 13.6. The van der Waals surface area contributed by atoms with Gasteiger partial charge in [-0.05, 0) is 30.7 Å². The van der Waals surface area contributed by atoms with Crippen LogP contribution >= 0.6 is 11.6 Å². The Balaban J connectivity index is 1.42. The molecule has 0 radical (unpaired) electrons. The summed E-state index contributed by atoms with van der Waals surface area (Å²) in [5, 5.41) is 8.71. The van der Waals surface area contributed by atoms with Crippen LogP contribution in [0.3, 0.4) is 0 Å². The SMILES string of the molecule is O=C(CN1C(=O)C2(CCN(C(=O)c3ccc4[nH]ncc4n3)C2)c2c(Cl)cccc21)NCC(F)(F)F. The third-order valence-corrected chi connectivity index (χ3v) is 6.59. The molecular formula is C22H18ClF3N6O3. The average molecular weight is 507 g/mol. The van der Waals surface area contributed by atoms with Crippen LogP contribution in [0, 0.1) is 0 Å². The van der Waals surface area contributed by atoms with Gasteiger partial charge in [0.05, 0.1) is 22.8 Å². The molecule has 9 nitrogen and oxygen atoms in total. The van der Waals surface area contributed by atoms with Crippen molar-refractivity contribution in [3.8, 4) is 0 Å². The van der Waals surface area contributed by atoms with E-state index in [0.717, 1.165) is 4.90 Å². The maximum absolute atomic E-state index is 13.6. The fraction of sp³-hybridized carbons (Fsp3) is 0.318. The minimum Gasteiger partial charge on any atom is -0.345 e. The molecule has 2 aromatic heterocycles. The number of halogens is 4. The number of carbonyl (C=O) groups excluding carboxylic acids is 3. The minimum absolute atomic E-state index is 0.00677. The van der Waals surface area contributed by atoms with E-state index in [0.29, 0.717) is 22.3 Å². The van der Waals surface area contributed by atoms with Gasteiger partial charge in [0.25, 0.3) is 5.91 Å². The Hall–Kier alpha value is -3.67. The number of pyridine rings is 1. The van der Waals surface area contributed by atoms with E-state index in [4.69, 9.17) is 11.6 Å². The number of H-pyrrole nitrogens is 1. The maximum Gasteiger partial charge on any atom is 0.405 e. The highest BCUT2D eigenvalue weighted by Gasteiger charge is 2.56. The van der Waals surface area contributed by atoms with Crippen molar-refractivity contribution in [1.29, 1.82) is 0 Å². The third kappa shape index (κ3) is 3.97. The van der Waals surface area contributed by atoms with Gasteiger partial charge in [-0.25, -0.2) is 4.98 Å². The van der Waals surface area contributed by atoms with Crippen molar-refractivity contribution in [2.45, 2.75) is 18.0 Å². The van der Waals surface area contributed by atoms with Crippen molar-refractivity contribution < 1.29 is 27.6 Å². The van der Waals surface area contributed by atoms with Gasteiger partial charge in [-0.1, -0.05) is 17.7 Å². The summed E-state index contributed by atoms with van der Waals surface area (Å²) in [6.07, 6.45) is -2.84. The largest absolute Gasteiger partial charge is 0.405 e. The third-order valence-electron chi connectivity index (χ3n) is 6.28. The predicted molar refractivity (Wildman–Crippen MR) is 119 cm³/mol. The van der Waals surface area contributed by atoms with Gasteiger partial charge in [-0.15, -0.1) is 0 Å². The number of alkyl halides is 3. The zero-order chi connectivity index (χ0) is 25.0. The van der Waals surface area contributed by atoms with Crippen LogP contribution in [0.4, 0.5) is 18.9 Å². The van der Waals surface area contributed by atoms with Gasteiger partial charge in [0.2, 0.25) is 11.8 Å². The summed E-state index contributed by atoms with van der Waals surface area (Å²) in [6, 6.07) is 8.02. The number of likely N-dealkylation sites (tertiary alicyclic amines) is 1. The van der Waals surface area contributed by atoms with E-state index in [1.165, 1.54) is 11.1 Å². The van der Waals surface area contributed by atoms with Crippen molar-refractivity contribution in [2.75, 3.05) is 31.1 Å². The fourth-order valence-corrected chi connectivity index (χ4v) is 5.07. The molecule has 3 aromatic rings. The van der Waals surface area contributed by atoms with Crippen LogP contribution in [0.2, 0.25) is 5.02 Å². The number of fused-ring (bicyclic) bond motifs is 3. The van der Waals surface area contributed by atoms with E-state index in [1.54, 1.807) is 35.6 Å². The Labute approximate surface area is 201 Å². The number of carbonyl (C=O) groups is 3. The minimum atomic E-state index is -4.58. The average Bonchev–Trinajstić information content (AvgIpc) is 3.51. The molecule has 2 N–H and O–H groups in total. The van der Waals surface area contributed by atoms with Crippen molar-refractivity contribution in [1.82, 2.24) is 25.4 Å². The van der Waals surface area contributed by atoms with Gasteiger partial charge in [0.1, 0.15) is 24.3 Å². The summed E-state index contributed by atoms with van der Waals surface area (Å²) >= 11 is 6.47. The second-order valence-corrected chi connectivity index (χ2v) is 8.88. The molecule has 2 aliphatic rings. The first-order chi connectivity index (χ1) is 16.6. The van der Waals surface area contributed by atoms with Crippen LogP contribution in [-0.2, 0) is 15.0 Å². The zero-order valence-electron chi connectivity index (χ0n) is 18.0. The van der Waals surface area contributed by atoms with Crippen LogP contribution in [0.1, 0.15) is 22.5 Å². The van der Waals surface area contributed by atoms with E-state index in [-0.39, 0.29) is 36.1 Å². The number of aromatic nitrogens is 3. The number of amides is 3. The molecule has 0 bridgehead atoms. The first-order valence-electron chi connectivity index (χ1n) is 10.6. The molecule has 1 spiro atoms. The number of aromatic amines is 1. The Morgan fingerprint density at radius 2 is 2.03 bits per heavy atom. The number of nitrogens with one attached hydrogen (secondary N) is 2. The molecule has 1 fully saturated rings. The van der Waals surface area contributed by atoms with Gasteiger partial charge < -0.3 is 15.1 Å². The van der Waals surface area contributed by atoms with E-state index < -0.39 is 36.5 Å². The van der Waals surface area contributed by atoms with Gasteiger partial charge in [0.15, 0.2) is 0 Å². The summed E-state index contributed by atoms with van der Waals surface area (Å²) in [4.78, 5) is 46.0. The lowest BCUT2D eigenvalue weighted by Crippen LogP contribution is -2.47. The smallest absolute Gasteiger partial charge is 0.345 e. The second-order valence-electron chi connectivity index (χ2n) is 8.48. The number of hydrogen-bond donors (Lipinski definition) is 2. The standard InChI is InChI=1S/C22H18ClF3N6O3/c23-12-2-1-3-16-18(12)21(20(35)32(16)9-17(33)27-10-22(24,25)26)6-7-31(11-21)19(34)14-5-4-13-15(29-14)8-28-30-13/h1-5,8H,6-7,9-11H2,(H,27,33)(H,28,30). The van der Waals surface area contributed by atoms with Crippen LogP contribution in [-0.4, -0.2) is 70.2 Å². The van der Waals surface area contributed by atoms with E-state index >= 15 is 0 Å². The highest BCUT2D eigenvalue weighted by Crippen LogP contribution is 2.50. The normalized spacial score (nSPS) is 19.6. The predicted octanol–water partition coefficient (Wildman–Crippen LogP) is 2.42. The van der Waals surface area contributed by atoms with E-state index in [9.17, 15) is 27.6 Å². The monoisotopic (exact) mass is 506 g/mol. The van der Waals surface area contributed by atoms with Gasteiger partial charge in [-0.2, -0.15) is 18.3 Å². The van der Waals surface area contributed by atoms with Gasteiger partial charge in [0, 0.05) is 23.7 Å². The Morgan fingerprint density at radius 1 is 1.23 bits per heavy atom. The molecule has 0 aliphatic carbocycles. The molecule has 35 heavy (non-hydrogen) atoms. The van der Waals surface area contributed by atoms with Crippen LogP contribution in [0.5, 0.6) is 0 Å². The number of nitrogens with zero attached hydrogens (tertiary/aromatic N) is 4. The van der Waals surface area contributed by atoms with Crippen LogP contribution < -0.4 is 10.2 Å². The molecule has 1 atom stereocenters. The fourth-order valence-electron chi connectivity index (χ4n) is 4.72. The summed E-state index contributed by atoms with van der Waals surface area (Å²) in [7, 11) is 0. The molecule has 182 valence electrons. The number of anilines is 1. The Morgan fingerprint density at radius 3 is 2.80 bits per heavy atom. The quantitative estimate of drug-likeness (QED) is 0.564. The highest BCUT2D eigenvalue weighted by molar-refractivity contribution is 6.33. The summed E-state index contributed by atoms with van der Waals surface area (Å²) in [5.41, 5.74) is 0.967. The molecule has 1 unspecified atom stereocenters. The lowest BCUT2D eigenvalue weighted by Gasteiger charge is -2.25. The molecule has 2 aliphatic heterocycles. The molecule has 3 amide bonds.